The number of nitrogens with one attached hydrogen (secondary N) is 1. The predicted octanol–water partition coefficient (Wildman–Crippen LogP) is 1.96. The van der Waals surface area contributed by atoms with Crippen molar-refractivity contribution < 1.29 is 22.8 Å². The van der Waals surface area contributed by atoms with E-state index in [4.69, 9.17) is 23.1 Å². The minimum atomic E-state index is -4.65. The zero-order valence-corrected chi connectivity index (χ0v) is 13.9. The average Bonchev–Trinajstić information content (AvgIpc) is 2.78. The lowest BCUT2D eigenvalue weighted by molar-refractivity contribution is -0.137. The normalized spacial score (nSPS) is 17.2. The van der Waals surface area contributed by atoms with Gasteiger partial charge in [-0.25, -0.2) is 0 Å². The number of nitrogens with two attached hydrogens (primary N) is 2. The van der Waals surface area contributed by atoms with Gasteiger partial charge < -0.3 is 16.8 Å². The van der Waals surface area contributed by atoms with Crippen molar-refractivity contribution in [3.8, 4) is 0 Å². The van der Waals surface area contributed by atoms with Crippen molar-refractivity contribution in [1.82, 2.24) is 0 Å². The summed E-state index contributed by atoms with van der Waals surface area (Å²) < 4.78 is 38.4. The van der Waals surface area contributed by atoms with Crippen LogP contribution >= 0.6 is 23.4 Å². The lowest BCUT2D eigenvalue weighted by atomic mass is 10.2. The van der Waals surface area contributed by atoms with Crippen molar-refractivity contribution in [3.63, 3.8) is 0 Å². The van der Waals surface area contributed by atoms with Gasteiger partial charge in [-0.15, -0.1) is 0 Å². The zero-order chi connectivity index (χ0) is 18.8. The Morgan fingerprint density at radius 3 is 2.68 bits per heavy atom. The van der Waals surface area contributed by atoms with Crippen LogP contribution in [0.5, 0.6) is 0 Å². The smallest absolute Gasteiger partial charge is 0.370 e. The Kier molecular flexibility index (Phi) is 5.58. The molecule has 7 nitrogen and oxygen atoms in total. The van der Waals surface area contributed by atoms with Gasteiger partial charge in [0.2, 0.25) is 5.91 Å². The van der Waals surface area contributed by atoms with E-state index in [-0.39, 0.29) is 23.2 Å². The highest BCUT2D eigenvalue weighted by molar-refractivity contribution is 8.15. The molecular formula is C13H11ClF3N5O2S. The molecule has 1 atom stereocenters. The summed E-state index contributed by atoms with van der Waals surface area (Å²) in [6.07, 6.45) is -4.96. The number of alkyl halides is 3. The number of hydrogen-bond acceptors (Lipinski definition) is 4. The molecule has 0 saturated heterocycles. The van der Waals surface area contributed by atoms with Crippen molar-refractivity contribution in [3.05, 3.63) is 28.8 Å². The van der Waals surface area contributed by atoms with Gasteiger partial charge in [-0.05, 0) is 18.2 Å². The maximum Gasteiger partial charge on any atom is 0.417 e. The van der Waals surface area contributed by atoms with Crippen LogP contribution < -0.4 is 16.8 Å². The molecule has 0 radical (unpaired) electrons. The number of nitrogens with zero attached hydrogens (tertiary/aromatic N) is 2. The molecular weight excluding hydrogens is 383 g/mol. The first kappa shape index (κ1) is 19.1. The molecule has 25 heavy (non-hydrogen) atoms. The van der Waals surface area contributed by atoms with E-state index < -0.39 is 33.8 Å². The number of guanidine groups is 1. The van der Waals surface area contributed by atoms with Gasteiger partial charge in [0.1, 0.15) is 5.25 Å². The molecule has 1 aromatic rings. The second-order valence-electron chi connectivity index (χ2n) is 4.82. The summed E-state index contributed by atoms with van der Waals surface area (Å²) in [6.45, 7) is 0. The lowest BCUT2D eigenvalue weighted by Crippen LogP contribution is -2.23. The fourth-order valence-corrected chi connectivity index (χ4v) is 3.03. The number of aliphatic imine (C=N–C) groups is 2. The van der Waals surface area contributed by atoms with Gasteiger partial charge in [0, 0.05) is 12.1 Å². The van der Waals surface area contributed by atoms with Crippen LogP contribution in [0.4, 0.5) is 18.9 Å². The quantitative estimate of drug-likeness (QED) is 0.535. The molecule has 2 rings (SSSR count). The summed E-state index contributed by atoms with van der Waals surface area (Å²) in [6, 6.07) is 2.96. The highest BCUT2D eigenvalue weighted by Gasteiger charge is 2.34. The van der Waals surface area contributed by atoms with E-state index in [0.717, 1.165) is 17.8 Å². The number of anilines is 1. The number of benzene rings is 1. The van der Waals surface area contributed by atoms with Crippen molar-refractivity contribution in [1.29, 1.82) is 0 Å². The van der Waals surface area contributed by atoms with E-state index in [0.29, 0.717) is 6.07 Å². The second kappa shape index (κ2) is 7.31. The number of carbonyl (C=O) groups is 2. The first-order valence-electron chi connectivity index (χ1n) is 6.61. The standard InChI is InChI=1S/C13H11ClF3N5O2S/c14-7-2-1-5(3-6(7)13(15,16)17)20-9(23)4-8-10(24)21-12(25-8)22-11(18)19/h1-3,8H,4H2,(H,20,23)(H4,18,19,21,22,24)/t8-/m1/s1. The van der Waals surface area contributed by atoms with Gasteiger partial charge in [0.05, 0.1) is 10.6 Å². The summed E-state index contributed by atoms with van der Waals surface area (Å²) in [7, 11) is 0. The van der Waals surface area contributed by atoms with Crippen LogP contribution in [0.2, 0.25) is 5.02 Å². The third-order valence-electron chi connectivity index (χ3n) is 2.88. The highest BCUT2D eigenvalue weighted by Crippen LogP contribution is 2.36. The molecule has 0 aromatic heterocycles. The van der Waals surface area contributed by atoms with E-state index in [2.05, 4.69) is 15.3 Å². The molecule has 1 heterocycles. The lowest BCUT2D eigenvalue weighted by Gasteiger charge is -2.12. The van der Waals surface area contributed by atoms with Crippen molar-refractivity contribution in [2.45, 2.75) is 17.8 Å². The Labute approximate surface area is 148 Å². The zero-order valence-electron chi connectivity index (χ0n) is 12.3. The van der Waals surface area contributed by atoms with Crippen molar-refractivity contribution in [2.24, 2.45) is 21.5 Å². The average molecular weight is 394 g/mol. The number of rotatable bonds is 3. The van der Waals surface area contributed by atoms with Crippen molar-refractivity contribution >= 4 is 52.0 Å². The highest BCUT2D eigenvalue weighted by atomic mass is 35.5. The third kappa shape index (κ3) is 5.10. The fraction of sp³-hybridized carbons (Fsp3) is 0.231. The molecule has 1 aliphatic rings. The number of hydrogen-bond donors (Lipinski definition) is 3. The molecule has 0 aliphatic carbocycles. The van der Waals surface area contributed by atoms with Gasteiger partial charge in [-0.1, -0.05) is 23.4 Å². The minimum Gasteiger partial charge on any atom is -0.370 e. The Balaban J connectivity index is 2.02. The van der Waals surface area contributed by atoms with Crippen LogP contribution in [0.25, 0.3) is 0 Å². The summed E-state index contributed by atoms with van der Waals surface area (Å²) in [5.74, 6) is -1.56. The molecule has 5 N–H and O–H groups in total. The first-order chi connectivity index (χ1) is 11.6. The van der Waals surface area contributed by atoms with Gasteiger partial charge in [0.15, 0.2) is 11.1 Å². The molecule has 2 amide bonds. The van der Waals surface area contributed by atoms with Crippen LogP contribution in [0.1, 0.15) is 12.0 Å². The van der Waals surface area contributed by atoms with Crippen LogP contribution in [0, 0.1) is 0 Å². The summed E-state index contributed by atoms with van der Waals surface area (Å²) in [5, 5.41) is 0.969. The van der Waals surface area contributed by atoms with E-state index in [1.165, 1.54) is 6.07 Å². The number of halogens is 4. The Morgan fingerprint density at radius 2 is 2.08 bits per heavy atom. The van der Waals surface area contributed by atoms with E-state index in [1.807, 2.05) is 0 Å². The second-order valence-corrected chi connectivity index (χ2v) is 6.40. The van der Waals surface area contributed by atoms with Crippen LogP contribution in [-0.4, -0.2) is 28.2 Å². The molecule has 0 fully saturated rings. The van der Waals surface area contributed by atoms with Gasteiger partial charge >= 0.3 is 6.18 Å². The molecule has 0 spiro atoms. The summed E-state index contributed by atoms with van der Waals surface area (Å²) in [4.78, 5) is 30.8. The Bertz CT molecular complexity index is 777. The SMILES string of the molecule is NC(N)=NC1=NC(=O)[C@@H](CC(=O)Nc2ccc(Cl)c(C(F)(F)F)c2)S1. The van der Waals surface area contributed by atoms with E-state index >= 15 is 0 Å². The fourth-order valence-electron chi connectivity index (χ4n) is 1.86. The summed E-state index contributed by atoms with van der Waals surface area (Å²) >= 11 is 6.39. The molecule has 0 saturated carbocycles. The van der Waals surface area contributed by atoms with Crippen LogP contribution in [-0.2, 0) is 15.8 Å². The maximum absolute atomic E-state index is 12.8. The molecule has 1 aromatic carbocycles. The van der Waals surface area contributed by atoms with Gasteiger partial charge in [-0.3, -0.25) is 9.59 Å². The number of amidine groups is 1. The van der Waals surface area contributed by atoms with Gasteiger partial charge in [0.25, 0.3) is 5.91 Å². The maximum atomic E-state index is 12.8. The Morgan fingerprint density at radius 1 is 1.40 bits per heavy atom. The topological polar surface area (TPSA) is 123 Å². The minimum absolute atomic E-state index is 0.0219. The summed E-state index contributed by atoms with van der Waals surface area (Å²) in [5.41, 5.74) is 9.17. The molecule has 0 bridgehead atoms. The molecule has 12 heteroatoms. The predicted molar refractivity (Wildman–Crippen MR) is 89.3 cm³/mol. The van der Waals surface area contributed by atoms with Crippen LogP contribution in [0.15, 0.2) is 28.2 Å². The van der Waals surface area contributed by atoms with E-state index in [1.54, 1.807) is 0 Å². The Hall–Kier alpha value is -2.27. The number of thioether (sulfide) groups is 1. The molecule has 1 aliphatic heterocycles. The molecule has 134 valence electrons. The monoisotopic (exact) mass is 393 g/mol. The number of carbonyl (C=O) groups excluding carboxylic acids is 2. The number of amides is 2. The van der Waals surface area contributed by atoms with E-state index in [9.17, 15) is 22.8 Å². The molecule has 0 unspecified atom stereocenters. The van der Waals surface area contributed by atoms with Gasteiger partial charge in [-0.2, -0.15) is 23.2 Å². The largest absolute Gasteiger partial charge is 0.417 e. The van der Waals surface area contributed by atoms with Crippen molar-refractivity contribution in [2.75, 3.05) is 5.32 Å². The van der Waals surface area contributed by atoms with Crippen LogP contribution in [0.3, 0.4) is 0 Å². The first-order valence-corrected chi connectivity index (χ1v) is 7.87. The third-order valence-corrected chi connectivity index (χ3v) is 4.26.